The third kappa shape index (κ3) is 5.11. The Balaban J connectivity index is 2.60. The maximum Gasteiger partial charge on any atom is 0.341 e. The Morgan fingerprint density at radius 1 is 1.29 bits per heavy atom. The first kappa shape index (κ1) is 17.6. The number of ether oxygens (including phenoxy) is 2. The molecule has 0 saturated carbocycles. The van der Waals surface area contributed by atoms with Gasteiger partial charge in [-0.2, -0.15) is 0 Å². The van der Waals surface area contributed by atoms with Gasteiger partial charge in [-0.05, 0) is 19.4 Å². The molecule has 0 aliphatic heterocycles. The molecule has 0 fully saturated rings. The van der Waals surface area contributed by atoms with Crippen molar-refractivity contribution in [2.24, 2.45) is 0 Å². The van der Waals surface area contributed by atoms with Gasteiger partial charge in [-0.15, -0.1) is 11.3 Å². The molecule has 0 atom stereocenters. The fourth-order valence-electron chi connectivity index (χ4n) is 1.85. The predicted octanol–water partition coefficient (Wildman–Crippen LogP) is 0.690. The van der Waals surface area contributed by atoms with Gasteiger partial charge in [0.1, 0.15) is 5.00 Å². The van der Waals surface area contributed by atoms with Crippen molar-refractivity contribution in [1.29, 1.82) is 0 Å². The second-order valence-electron chi connectivity index (χ2n) is 4.65. The molecule has 1 aromatic heterocycles. The molecule has 7 heteroatoms. The van der Waals surface area contributed by atoms with Crippen LogP contribution in [0.2, 0.25) is 0 Å². The summed E-state index contributed by atoms with van der Waals surface area (Å²) in [6.07, 6.45) is 0.897. The van der Waals surface area contributed by atoms with Gasteiger partial charge in [0.05, 0.1) is 25.8 Å². The molecule has 0 spiro atoms. The quantitative estimate of drug-likeness (QED) is 0.546. The highest BCUT2D eigenvalue weighted by atomic mass is 32.1. The van der Waals surface area contributed by atoms with Crippen molar-refractivity contribution in [3.8, 4) is 0 Å². The van der Waals surface area contributed by atoms with E-state index in [1.807, 2.05) is 19.2 Å². The Morgan fingerprint density at radius 2 is 2.00 bits per heavy atom. The second-order valence-corrected chi connectivity index (χ2v) is 5.88. The lowest BCUT2D eigenvalue weighted by Crippen LogP contribution is -2.86. The third-order valence-corrected chi connectivity index (χ3v) is 4.24. The van der Waals surface area contributed by atoms with Crippen LogP contribution in [0.15, 0.2) is 0 Å². The van der Waals surface area contributed by atoms with Crippen molar-refractivity contribution in [3.05, 3.63) is 16.0 Å². The number of carbonyl (C=O) groups is 2. The highest BCUT2D eigenvalue weighted by Crippen LogP contribution is 2.32. The first-order valence-corrected chi connectivity index (χ1v) is 7.61. The Morgan fingerprint density at radius 3 is 2.62 bits per heavy atom. The first-order chi connectivity index (χ1) is 10.0. The van der Waals surface area contributed by atoms with Gasteiger partial charge in [0.15, 0.2) is 6.54 Å². The zero-order valence-corrected chi connectivity index (χ0v) is 13.8. The molecule has 1 aromatic rings. The van der Waals surface area contributed by atoms with Crippen LogP contribution < -0.4 is 10.6 Å². The smallest absolute Gasteiger partial charge is 0.341 e. The van der Waals surface area contributed by atoms with Crippen LogP contribution in [-0.4, -0.2) is 45.8 Å². The van der Waals surface area contributed by atoms with E-state index in [9.17, 15) is 9.59 Å². The summed E-state index contributed by atoms with van der Waals surface area (Å²) in [5.41, 5.74) is 1.30. The van der Waals surface area contributed by atoms with E-state index < -0.39 is 5.97 Å². The molecular weight excluding hydrogens is 292 g/mol. The van der Waals surface area contributed by atoms with Crippen LogP contribution >= 0.6 is 11.3 Å². The Labute approximate surface area is 128 Å². The van der Waals surface area contributed by atoms with Gasteiger partial charge >= 0.3 is 5.97 Å². The lowest BCUT2D eigenvalue weighted by Gasteiger charge is -2.05. The number of quaternary nitrogens is 1. The number of anilines is 1. The zero-order valence-electron chi connectivity index (χ0n) is 12.9. The molecular formula is C14H23N2O4S+. The Bertz CT molecular complexity index is 499. The molecule has 3 N–H and O–H groups in total. The molecule has 0 aromatic carbocycles. The lowest BCUT2D eigenvalue weighted by molar-refractivity contribution is -0.644. The number of nitrogens with one attached hydrogen (secondary N) is 1. The zero-order chi connectivity index (χ0) is 15.8. The number of nitrogens with two attached hydrogens (primary N) is 1. The average Bonchev–Trinajstić information content (AvgIpc) is 2.72. The molecule has 118 valence electrons. The highest BCUT2D eigenvalue weighted by molar-refractivity contribution is 7.16. The van der Waals surface area contributed by atoms with E-state index in [1.54, 1.807) is 7.11 Å². The number of rotatable bonds is 8. The van der Waals surface area contributed by atoms with Gasteiger partial charge in [0, 0.05) is 18.4 Å². The van der Waals surface area contributed by atoms with Gasteiger partial charge in [0.2, 0.25) is 0 Å². The fraction of sp³-hybridized carbons (Fsp3) is 0.571. The number of thiophene rings is 1. The van der Waals surface area contributed by atoms with Crippen LogP contribution in [0.4, 0.5) is 5.00 Å². The van der Waals surface area contributed by atoms with E-state index >= 15 is 0 Å². The molecule has 0 aliphatic carbocycles. The summed E-state index contributed by atoms with van der Waals surface area (Å²) in [5, 5.41) is 5.27. The second kappa shape index (κ2) is 8.76. The van der Waals surface area contributed by atoms with E-state index in [2.05, 4.69) is 5.32 Å². The maximum absolute atomic E-state index is 11.9. The van der Waals surface area contributed by atoms with Gasteiger partial charge in [0.25, 0.3) is 5.91 Å². The summed E-state index contributed by atoms with van der Waals surface area (Å²) in [6.45, 7) is 5.60. The van der Waals surface area contributed by atoms with Crippen LogP contribution in [0, 0.1) is 13.8 Å². The molecule has 0 radical (unpaired) electrons. The van der Waals surface area contributed by atoms with Crippen molar-refractivity contribution < 1.29 is 24.4 Å². The van der Waals surface area contributed by atoms with Crippen molar-refractivity contribution in [2.45, 2.75) is 20.3 Å². The third-order valence-electron chi connectivity index (χ3n) is 3.11. The van der Waals surface area contributed by atoms with E-state index in [0.29, 0.717) is 23.7 Å². The minimum atomic E-state index is -0.420. The van der Waals surface area contributed by atoms with Crippen LogP contribution in [0.1, 0.15) is 27.2 Å². The van der Waals surface area contributed by atoms with Gasteiger partial charge in [-0.1, -0.05) is 0 Å². The van der Waals surface area contributed by atoms with Gasteiger partial charge in [-0.25, -0.2) is 4.79 Å². The van der Waals surface area contributed by atoms with Crippen molar-refractivity contribution in [3.63, 3.8) is 0 Å². The standard InChI is InChI=1S/C14H22N2O4S/c1-9-10(2)21-13(12(9)14(18)20-4)16-11(17)8-15-6-5-7-19-3/h15H,5-8H2,1-4H3,(H,16,17)/p+1. The summed E-state index contributed by atoms with van der Waals surface area (Å²) >= 11 is 1.39. The summed E-state index contributed by atoms with van der Waals surface area (Å²) in [7, 11) is 2.99. The number of aryl methyl sites for hydroxylation is 1. The number of hydrogen-bond donors (Lipinski definition) is 2. The maximum atomic E-state index is 11.9. The number of methoxy groups -OCH3 is 2. The van der Waals surface area contributed by atoms with Crippen molar-refractivity contribution in [1.82, 2.24) is 0 Å². The van der Waals surface area contributed by atoms with Crippen LogP contribution in [0.25, 0.3) is 0 Å². The summed E-state index contributed by atoms with van der Waals surface area (Å²) in [6, 6.07) is 0. The molecule has 1 rings (SSSR count). The Kier molecular flexibility index (Phi) is 7.35. The molecule has 1 amide bonds. The first-order valence-electron chi connectivity index (χ1n) is 6.80. The average molecular weight is 315 g/mol. The summed E-state index contributed by atoms with van der Waals surface area (Å²) in [5.74, 6) is -0.546. The predicted molar refractivity (Wildman–Crippen MR) is 81.9 cm³/mol. The molecule has 0 unspecified atom stereocenters. The van der Waals surface area contributed by atoms with Crippen LogP contribution in [0.3, 0.4) is 0 Å². The van der Waals surface area contributed by atoms with E-state index in [1.165, 1.54) is 18.4 Å². The SMILES string of the molecule is COCCC[NH2+]CC(=O)Nc1sc(C)c(C)c1C(=O)OC. The van der Waals surface area contributed by atoms with Crippen molar-refractivity contribution in [2.75, 3.05) is 39.2 Å². The monoisotopic (exact) mass is 315 g/mol. The van der Waals surface area contributed by atoms with Crippen LogP contribution in [0.5, 0.6) is 0 Å². The number of amides is 1. The van der Waals surface area contributed by atoms with Gasteiger partial charge in [-0.3, -0.25) is 4.79 Å². The number of esters is 1. The molecule has 6 nitrogen and oxygen atoms in total. The topological polar surface area (TPSA) is 81.2 Å². The summed E-state index contributed by atoms with van der Waals surface area (Å²) < 4.78 is 9.72. The van der Waals surface area contributed by atoms with E-state index in [4.69, 9.17) is 9.47 Å². The highest BCUT2D eigenvalue weighted by Gasteiger charge is 2.21. The molecule has 0 aliphatic rings. The number of carbonyl (C=O) groups excluding carboxylic acids is 2. The van der Waals surface area contributed by atoms with E-state index in [0.717, 1.165) is 23.4 Å². The molecule has 21 heavy (non-hydrogen) atoms. The molecule has 1 heterocycles. The van der Waals surface area contributed by atoms with E-state index in [-0.39, 0.29) is 5.91 Å². The van der Waals surface area contributed by atoms with Crippen molar-refractivity contribution >= 4 is 28.2 Å². The van der Waals surface area contributed by atoms with Crippen LogP contribution in [-0.2, 0) is 14.3 Å². The normalized spacial score (nSPS) is 10.5. The number of hydrogen-bond acceptors (Lipinski definition) is 5. The minimum absolute atomic E-state index is 0.126. The molecule has 0 saturated heterocycles. The lowest BCUT2D eigenvalue weighted by atomic mass is 10.1. The fourth-order valence-corrected chi connectivity index (χ4v) is 2.91. The molecule has 0 bridgehead atoms. The summed E-state index contributed by atoms with van der Waals surface area (Å²) in [4.78, 5) is 24.7. The minimum Gasteiger partial charge on any atom is -0.465 e. The van der Waals surface area contributed by atoms with Gasteiger partial charge < -0.3 is 20.1 Å². The largest absolute Gasteiger partial charge is 0.465 e. The Hall–Kier alpha value is -1.44.